The lowest BCUT2D eigenvalue weighted by Gasteiger charge is -2.44. The van der Waals surface area contributed by atoms with Crippen LogP contribution >= 0.6 is 0 Å². The van der Waals surface area contributed by atoms with Gasteiger partial charge >= 0.3 is 5.97 Å². The second-order valence-corrected chi connectivity index (χ2v) is 17.2. The molecule has 0 N–H and O–H groups in total. The van der Waals surface area contributed by atoms with Gasteiger partial charge in [-0.25, -0.2) is 0 Å². The van der Waals surface area contributed by atoms with E-state index in [1.165, 1.54) is 0 Å². The van der Waals surface area contributed by atoms with Crippen molar-refractivity contribution in [3.63, 3.8) is 0 Å². The number of hydrogen-bond donors (Lipinski definition) is 0. The minimum absolute atomic E-state index is 0.00307. The fourth-order valence-electron chi connectivity index (χ4n) is 10.8. The number of likely N-dealkylation sites (N-methyl/N-ethyl adjacent to an activating group) is 1. The number of fused-ring (bicyclic) bond motifs is 5. The molecule has 0 bridgehead atoms. The number of carbonyl (C=O) groups excluding carboxylic acids is 2. The largest absolute Gasteiger partial charge is 0.458 e. The Hall–Kier alpha value is -2.00. The minimum atomic E-state index is -0.671. The zero-order chi connectivity index (χ0) is 40.3. The van der Waals surface area contributed by atoms with Gasteiger partial charge in [-0.1, -0.05) is 38.2 Å². The maximum atomic E-state index is 14.8. The number of rotatable bonds is 11. The molecule has 56 heavy (non-hydrogen) atoms. The summed E-state index contributed by atoms with van der Waals surface area (Å²) in [5, 5.41) is 0. The summed E-state index contributed by atoms with van der Waals surface area (Å²) in [5.74, 6) is -1.11. The summed E-state index contributed by atoms with van der Waals surface area (Å²) in [7, 11) is 10.8. The lowest BCUT2D eigenvalue weighted by molar-refractivity contribution is -0.314. The van der Waals surface area contributed by atoms with Crippen molar-refractivity contribution in [1.82, 2.24) is 4.90 Å². The van der Waals surface area contributed by atoms with E-state index in [9.17, 15) is 9.59 Å². The van der Waals surface area contributed by atoms with Gasteiger partial charge in [0.2, 0.25) is 0 Å². The number of hydrogen-bond acceptors (Lipinski definition) is 12. The summed E-state index contributed by atoms with van der Waals surface area (Å²) in [6.07, 6.45) is 13.3. The molecule has 17 atom stereocenters. The number of allylic oxidation sites excluding steroid dienone is 4. The van der Waals surface area contributed by atoms with Gasteiger partial charge in [0.15, 0.2) is 18.4 Å². The highest BCUT2D eigenvalue weighted by Gasteiger charge is 2.58. The molecular weight excluding hydrogens is 718 g/mol. The van der Waals surface area contributed by atoms with Crippen molar-refractivity contribution in [3.8, 4) is 0 Å². The van der Waals surface area contributed by atoms with Gasteiger partial charge in [-0.15, -0.1) is 0 Å². The van der Waals surface area contributed by atoms with Gasteiger partial charge in [0.05, 0.1) is 36.4 Å². The first kappa shape index (κ1) is 43.6. The van der Waals surface area contributed by atoms with Crippen LogP contribution in [0, 0.1) is 29.6 Å². The zero-order valence-electron chi connectivity index (χ0n) is 35.4. The Morgan fingerprint density at radius 1 is 0.893 bits per heavy atom. The van der Waals surface area contributed by atoms with Crippen LogP contribution in [0.5, 0.6) is 0 Å². The first-order valence-corrected chi connectivity index (χ1v) is 21.1. The molecule has 0 aromatic carbocycles. The molecule has 1 saturated carbocycles. The standard InChI is InChI=1S/C44H69NO11/c1-11-12-14-28-15-13-16-36(56-38-18-17-35(45(5)6)26(3)52-38)25(2)39(47)33-22-32-30(31(33)23-37(46)54-28)19-20-44(51-10)24-29(21-34(32)44)55-43-42(50-9)41(49-8)40(48-7)27(4)53-43/h12,14,19-20,22,25-32,34-36,38,40-43H,11,13,15-18,21,23-24H2,1-10H3/b14-12+/t25-,26?,27?,28+,29+,30+,31+,32-,34+,35?,36+,38?,40?,41?,42?,43?,44?/m1/s1. The first-order chi connectivity index (χ1) is 26.9. The number of methoxy groups -OCH3 is 4. The molecule has 0 radical (unpaired) electrons. The van der Waals surface area contributed by atoms with E-state index in [2.05, 4.69) is 57.1 Å². The maximum absolute atomic E-state index is 14.8. The third kappa shape index (κ3) is 8.94. The molecule has 12 nitrogen and oxygen atoms in total. The molecule has 3 aliphatic heterocycles. The van der Waals surface area contributed by atoms with E-state index in [1.807, 2.05) is 19.9 Å². The Bertz CT molecular complexity index is 1430. The quantitative estimate of drug-likeness (QED) is 0.186. The Morgan fingerprint density at radius 3 is 2.30 bits per heavy atom. The van der Waals surface area contributed by atoms with Gasteiger partial charge in [0.25, 0.3) is 0 Å². The average Bonchev–Trinajstić information content (AvgIpc) is 3.73. The zero-order valence-corrected chi connectivity index (χ0v) is 35.4. The fourth-order valence-corrected chi connectivity index (χ4v) is 10.8. The molecule has 0 spiro atoms. The van der Waals surface area contributed by atoms with Crippen LogP contribution in [0.15, 0.2) is 36.0 Å². The Morgan fingerprint density at radius 2 is 1.64 bits per heavy atom. The summed E-state index contributed by atoms with van der Waals surface area (Å²) in [6, 6.07) is 0.317. The van der Waals surface area contributed by atoms with E-state index in [1.54, 1.807) is 28.4 Å². The number of carbonyl (C=O) groups is 2. The van der Waals surface area contributed by atoms with Crippen LogP contribution in [-0.2, 0) is 52.2 Å². The van der Waals surface area contributed by atoms with Crippen molar-refractivity contribution in [1.29, 1.82) is 0 Å². The predicted octanol–water partition coefficient (Wildman–Crippen LogP) is 5.81. The molecule has 316 valence electrons. The van der Waals surface area contributed by atoms with Crippen LogP contribution in [0.4, 0.5) is 0 Å². The summed E-state index contributed by atoms with van der Waals surface area (Å²) in [5.41, 5.74) is 0.0864. The van der Waals surface area contributed by atoms with Gasteiger partial charge in [0.1, 0.15) is 24.4 Å². The van der Waals surface area contributed by atoms with Crippen LogP contribution in [0.1, 0.15) is 85.5 Å². The van der Waals surface area contributed by atoms with Gasteiger partial charge in [0, 0.05) is 58.7 Å². The van der Waals surface area contributed by atoms with E-state index in [0.717, 1.165) is 25.7 Å². The number of Topliss-reactive ketones (excluding diaryl/α,β-unsaturated/α-hetero) is 1. The van der Waals surface area contributed by atoms with Crippen molar-refractivity contribution in [2.45, 2.75) is 159 Å². The van der Waals surface area contributed by atoms with E-state index in [0.29, 0.717) is 37.3 Å². The average molecular weight is 788 g/mol. The van der Waals surface area contributed by atoms with E-state index >= 15 is 0 Å². The van der Waals surface area contributed by atoms with Crippen LogP contribution in [0.2, 0.25) is 0 Å². The molecule has 3 aliphatic carbocycles. The Kier molecular flexibility index (Phi) is 14.7. The van der Waals surface area contributed by atoms with Crippen LogP contribution in [-0.4, -0.2) is 132 Å². The lowest BCUT2D eigenvalue weighted by atomic mass is 9.68. The predicted molar refractivity (Wildman–Crippen MR) is 210 cm³/mol. The molecule has 0 amide bonds. The highest BCUT2D eigenvalue weighted by Crippen LogP contribution is 2.57. The first-order valence-electron chi connectivity index (χ1n) is 21.1. The van der Waals surface area contributed by atoms with E-state index < -0.39 is 23.9 Å². The highest BCUT2D eigenvalue weighted by molar-refractivity contribution is 5.99. The molecule has 12 heteroatoms. The summed E-state index contributed by atoms with van der Waals surface area (Å²) < 4.78 is 56.3. The smallest absolute Gasteiger partial charge is 0.307 e. The van der Waals surface area contributed by atoms with Gasteiger partial charge in [-0.05, 0) is 96.4 Å². The van der Waals surface area contributed by atoms with Gasteiger partial charge in [-0.3, -0.25) is 9.59 Å². The third-order valence-electron chi connectivity index (χ3n) is 13.8. The van der Waals surface area contributed by atoms with Gasteiger partial charge in [-0.2, -0.15) is 0 Å². The molecule has 6 rings (SSSR count). The normalized spacial score (nSPS) is 44.8. The van der Waals surface area contributed by atoms with Crippen LogP contribution in [0.3, 0.4) is 0 Å². The third-order valence-corrected chi connectivity index (χ3v) is 13.8. The van der Waals surface area contributed by atoms with Crippen molar-refractivity contribution in [3.05, 3.63) is 36.0 Å². The number of ether oxygens (including phenoxy) is 9. The highest BCUT2D eigenvalue weighted by atomic mass is 16.7. The molecule has 6 aliphatic rings. The lowest BCUT2D eigenvalue weighted by Crippen LogP contribution is -2.59. The van der Waals surface area contributed by atoms with Crippen LogP contribution in [0.25, 0.3) is 0 Å². The number of ketones is 1. The number of nitrogens with zero attached hydrogens (tertiary/aromatic N) is 1. The summed E-state index contributed by atoms with van der Waals surface area (Å²) in [6.45, 7) is 8.12. The van der Waals surface area contributed by atoms with Crippen molar-refractivity contribution in [2.75, 3.05) is 42.5 Å². The molecule has 4 fully saturated rings. The van der Waals surface area contributed by atoms with Gasteiger partial charge < -0.3 is 47.5 Å². The van der Waals surface area contributed by atoms with E-state index in [-0.39, 0.29) is 90.9 Å². The molecule has 0 aromatic heterocycles. The molecular formula is C44H69NO11. The second kappa shape index (κ2) is 18.9. The van der Waals surface area contributed by atoms with Crippen molar-refractivity contribution in [2.24, 2.45) is 29.6 Å². The molecule has 3 saturated heterocycles. The summed E-state index contributed by atoms with van der Waals surface area (Å²) >= 11 is 0. The Balaban J connectivity index is 1.26. The monoisotopic (exact) mass is 787 g/mol. The fraction of sp³-hybridized carbons (Fsp3) is 0.818. The van der Waals surface area contributed by atoms with Crippen molar-refractivity contribution >= 4 is 11.8 Å². The maximum Gasteiger partial charge on any atom is 0.307 e. The topological polar surface area (TPSA) is 120 Å². The Labute approximate surface area is 334 Å². The SMILES string of the molecule is CC/C=C/[C@H]1CCC[C@H](OC2CCC(N(C)C)C(C)O2)[C@@H](C)C(=O)C2=C[C@@H]3[C@@H](C=CC4(OC)C[C@@H](OC5OC(C)C(OC)C(OC)C5OC)C[C@@H]34)[C@@H]2CC(=O)O1. The summed E-state index contributed by atoms with van der Waals surface area (Å²) in [4.78, 5) is 30.8. The molecule has 0 aromatic rings. The number of cyclic esters (lactones) is 1. The number of esters is 1. The van der Waals surface area contributed by atoms with Crippen LogP contribution < -0.4 is 0 Å². The molecule has 3 heterocycles. The molecule has 9 unspecified atom stereocenters. The van der Waals surface area contributed by atoms with E-state index in [4.69, 9.17) is 42.6 Å². The van der Waals surface area contributed by atoms with Crippen molar-refractivity contribution < 1.29 is 52.2 Å². The minimum Gasteiger partial charge on any atom is -0.458 e. The second-order valence-electron chi connectivity index (χ2n) is 17.2.